The van der Waals surface area contributed by atoms with Crippen molar-refractivity contribution in [3.05, 3.63) is 11.6 Å². The standard InChI is InChI=1S/C8H15Cl/c1-4-7(2)5-8(3)6-9/h5,7H,4,6H2,1-3H3/b8-5+/t7-/m1/s1. The summed E-state index contributed by atoms with van der Waals surface area (Å²) >= 11 is 5.58. The number of hydrogen-bond donors (Lipinski definition) is 0. The summed E-state index contributed by atoms with van der Waals surface area (Å²) in [5, 5.41) is 0. The minimum absolute atomic E-state index is 0.671. The highest BCUT2D eigenvalue weighted by Gasteiger charge is 1.92. The van der Waals surface area contributed by atoms with E-state index in [0.29, 0.717) is 11.8 Å². The molecular weight excluding hydrogens is 132 g/mol. The fourth-order valence-corrected chi connectivity index (χ4v) is 0.737. The van der Waals surface area contributed by atoms with Gasteiger partial charge in [-0.2, -0.15) is 0 Å². The maximum Gasteiger partial charge on any atom is 0.0430 e. The van der Waals surface area contributed by atoms with Gasteiger partial charge in [0.25, 0.3) is 0 Å². The zero-order valence-corrected chi connectivity index (χ0v) is 7.20. The molecule has 0 aliphatic heterocycles. The second-order valence-corrected chi connectivity index (χ2v) is 2.80. The molecule has 0 N–H and O–H groups in total. The molecule has 0 aliphatic carbocycles. The van der Waals surface area contributed by atoms with E-state index in [1.807, 2.05) is 0 Å². The van der Waals surface area contributed by atoms with Crippen molar-refractivity contribution in [3.63, 3.8) is 0 Å². The molecule has 54 valence electrons. The van der Waals surface area contributed by atoms with E-state index in [-0.39, 0.29) is 0 Å². The number of allylic oxidation sites excluding steroid dienone is 2. The van der Waals surface area contributed by atoms with Gasteiger partial charge in [-0.3, -0.25) is 0 Å². The lowest BCUT2D eigenvalue weighted by atomic mass is 10.1. The van der Waals surface area contributed by atoms with E-state index in [1.165, 1.54) is 12.0 Å². The molecule has 0 bridgehead atoms. The Balaban J connectivity index is 3.64. The smallest absolute Gasteiger partial charge is 0.0430 e. The van der Waals surface area contributed by atoms with Crippen LogP contribution in [0.2, 0.25) is 0 Å². The van der Waals surface area contributed by atoms with Gasteiger partial charge in [-0.25, -0.2) is 0 Å². The van der Waals surface area contributed by atoms with Gasteiger partial charge < -0.3 is 0 Å². The first-order chi connectivity index (χ1) is 4.20. The van der Waals surface area contributed by atoms with Gasteiger partial charge in [0.1, 0.15) is 0 Å². The summed E-state index contributed by atoms with van der Waals surface area (Å²) in [5.41, 5.74) is 1.28. The molecular formula is C8H15Cl. The molecule has 0 saturated heterocycles. The molecule has 0 spiro atoms. The van der Waals surface area contributed by atoms with Crippen LogP contribution in [0.4, 0.5) is 0 Å². The largest absolute Gasteiger partial charge is 0.122 e. The van der Waals surface area contributed by atoms with Gasteiger partial charge in [-0.05, 0) is 12.8 Å². The molecule has 9 heavy (non-hydrogen) atoms. The Labute approximate surface area is 62.9 Å². The van der Waals surface area contributed by atoms with E-state index in [0.717, 1.165) is 0 Å². The van der Waals surface area contributed by atoms with Gasteiger partial charge >= 0.3 is 0 Å². The number of halogens is 1. The Morgan fingerprint density at radius 3 is 2.56 bits per heavy atom. The van der Waals surface area contributed by atoms with Crippen LogP contribution in [-0.4, -0.2) is 5.88 Å². The van der Waals surface area contributed by atoms with Crippen molar-refractivity contribution < 1.29 is 0 Å². The summed E-state index contributed by atoms with van der Waals surface area (Å²) in [6, 6.07) is 0. The highest BCUT2D eigenvalue weighted by Crippen LogP contribution is 2.06. The first-order valence-electron chi connectivity index (χ1n) is 3.44. The van der Waals surface area contributed by atoms with E-state index >= 15 is 0 Å². The lowest BCUT2D eigenvalue weighted by Crippen LogP contribution is -1.88. The third kappa shape index (κ3) is 4.53. The summed E-state index contributed by atoms with van der Waals surface area (Å²) in [7, 11) is 0. The SMILES string of the molecule is CC[C@@H](C)/C=C(\C)CCl. The van der Waals surface area contributed by atoms with Gasteiger partial charge in [0.15, 0.2) is 0 Å². The molecule has 0 fully saturated rings. The van der Waals surface area contributed by atoms with Crippen LogP contribution in [0.3, 0.4) is 0 Å². The molecule has 0 amide bonds. The second-order valence-electron chi connectivity index (χ2n) is 2.53. The minimum Gasteiger partial charge on any atom is -0.122 e. The summed E-state index contributed by atoms with van der Waals surface area (Å²) in [5.74, 6) is 1.36. The van der Waals surface area contributed by atoms with Crippen LogP contribution in [-0.2, 0) is 0 Å². The summed E-state index contributed by atoms with van der Waals surface area (Å²) < 4.78 is 0. The second kappa shape index (κ2) is 4.87. The molecule has 0 rings (SSSR count). The van der Waals surface area contributed by atoms with Crippen LogP contribution in [0.1, 0.15) is 27.2 Å². The van der Waals surface area contributed by atoms with E-state index in [2.05, 4.69) is 26.8 Å². The van der Waals surface area contributed by atoms with Crippen molar-refractivity contribution in [2.75, 3.05) is 5.88 Å². The molecule has 0 unspecified atom stereocenters. The van der Waals surface area contributed by atoms with Gasteiger partial charge in [-0.15, -0.1) is 11.6 Å². The highest BCUT2D eigenvalue weighted by atomic mass is 35.5. The Bertz CT molecular complexity index is 94.7. The third-order valence-corrected chi connectivity index (χ3v) is 1.85. The zero-order valence-electron chi connectivity index (χ0n) is 6.45. The molecule has 0 aromatic heterocycles. The maximum atomic E-state index is 5.58. The lowest BCUT2D eigenvalue weighted by Gasteiger charge is -2.01. The molecule has 0 heterocycles. The van der Waals surface area contributed by atoms with Crippen LogP contribution in [0.25, 0.3) is 0 Å². The van der Waals surface area contributed by atoms with E-state index in [9.17, 15) is 0 Å². The summed E-state index contributed by atoms with van der Waals surface area (Å²) in [6.45, 7) is 6.46. The normalized spacial score (nSPS) is 15.8. The number of alkyl halides is 1. The van der Waals surface area contributed by atoms with Gasteiger partial charge in [0, 0.05) is 5.88 Å². The Morgan fingerprint density at radius 1 is 1.67 bits per heavy atom. The topological polar surface area (TPSA) is 0 Å². The fraction of sp³-hybridized carbons (Fsp3) is 0.750. The molecule has 1 heteroatoms. The number of hydrogen-bond acceptors (Lipinski definition) is 0. The van der Waals surface area contributed by atoms with E-state index in [1.54, 1.807) is 0 Å². The molecule has 0 aromatic rings. The van der Waals surface area contributed by atoms with Crippen molar-refractivity contribution >= 4 is 11.6 Å². The van der Waals surface area contributed by atoms with Crippen LogP contribution < -0.4 is 0 Å². The quantitative estimate of drug-likeness (QED) is 0.424. The average molecular weight is 147 g/mol. The molecule has 0 aromatic carbocycles. The maximum absolute atomic E-state index is 5.58. The van der Waals surface area contributed by atoms with Crippen molar-refractivity contribution in [2.24, 2.45) is 5.92 Å². The number of rotatable bonds is 3. The third-order valence-electron chi connectivity index (χ3n) is 1.42. The van der Waals surface area contributed by atoms with Crippen molar-refractivity contribution in [3.8, 4) is 0 Å². The molecule has 0 radical (unpaired) electrons. The minimum atomic E-state index is 0.671. The van der Waals surface area contributed by atoms with Crippen molar-refractivity contribution in [1.82, 2.24) is 0 Å². The summed E-state index contributed by atoms with van der Waals surface area (Å²) in [6.07, 6.45) is 3.43. The predicted octanol–water partition coefficient (Wildman–Crippen LogP) is 3.22. The van der Waals surface area contributed by atoms with Gasteiger partial charge in [0.2, 0.25) is 0 Å². The van der Waals surface area contributed by atoms with Crippen molar-refractivity contribution in [1.29, 1.82) is 0 Å². The zero-order chi connectivity index (χ0) is 7.28. The first kappa shape index (κ1) is 9.03. The Morgan fingerprint density at radius 2 is 2.22 bits per heavy atom. The molecule has 0 aliphatic rings. The fourth-order valence-electron chi connectivity index (χ4n) is 0.648. The lowest BCUT2D eigenvalue weighted by molar-refractivity contribution is 0.693. The van der Waals surface area contributed by atoms with Crippen LogP contribution >= 0.6 is 11.6 Å². The molecule has 1 atom stereocenters. The summed E-state index contributed by atoms with van der Waals surface area (Å²) in [4.78, 5) is 0. The predicted molar refractivity (Wildman–Crippen MR) is 43.9 cm³/mol. The molecule has 0 nitrogen and oxygen atoms in total. The van der Waals surface area contributed by atoms with Crippen LogP contribution in [0.15, 0.2) is 11.6 Å². The van der Waals surface area contributed by atoms with E-state index < -0.39 is 0 Å². The van der Waals surface area contributed by atoms with Gasteiger partial charge in [-0.1, -0.05) is 31.9 Å². The van der Waals surface area contributed by atoms with Crippen LogP contribution in [0, 0.1) is 5.92 Å². The monoisotopic (exact) mass is 146 g/mol. The average Bonchev–Trinajstić information content (AvgIpc) is 1.87. The Kier molecular flexibility index (Phi) is 4.88. The van der Waals surface area contributed by atoms with Crippen molar-refractivity contribution in [2.45, 2.75) is 27.2 Å². The van der Waals surface area contributed by atoms with Crippen LogP contribution in [0.5, 0.6) is 0 Å². The van der Waals surface area contributed by atoms with Gasteiger partial charge in [0.05, 0.1) is 0 Å². The molecule has 0 saturated carbocycles. The highest BCUT2D eigenvalue weighted by molar-refractivity contribution is 6.19. The Hall–Kier alpha value is 0.0300. The first-order valence-corrected chi connectivity index (χ1v) is 3.97. The van der Waals surface area contributed by atoms with E-state index in [4.69, 9.17) is 11.6 Å².